The molecule has 1 amide bonds. The van der Waals surface area contributed by atoms with E-state index >= 15 is 0 Å². The number of nitrogens with two attached hydrogens (primary N) is 1. The lowest BCUT2D eigenvalue weighted by Gasteiger charge is -2.18. The number of carbonyl (C=O) groups is 1. The minimum absolute atomic E-state index is 0.0739. The number of amides is 1. The Kier molecular flexibility index (Phi) is 3.61. The predicted molar refractivity (Wildman–Crippen MR) is 65.1 cm³/mol. The van der Waals surface area contributed by atoms with E-state index in [9.17, 15) is 14.9 Å². The van der Waals surface area contributed by atoms with Gasteiger partial charge >= 0.3 is 0 Å². The second-order valence-electron chi connectivity index (χ2n) is 4.54. The van der Waals surface area contributed by atoms with Gasteiger partial charge in [0.15, 0.2) is 0 Å². The van der Waals surface area contributed by atoms with E-state index in [4.69, 9.17) is 5.73 Å². The SMILES string of the molecule is NCC1CCCC1NC(=O)c1cc([N+](=O)[O-])c[nH]1. The first-order valence-corrected chi connectivity index (χ1v) is 5.95. The monoisotopic (exact) mass is 252 g/mol. The zero-order valence-corrected chi connectivity index (χ0v) is 9.89. The highest BCUT2D eigenvalue weighted by atomic mass is 16.6. The number of hydrogen-bond acceptors (Lipinski definition) is 4. The molecule has 2 rings (SSSR count). The molecular formula is C11H16N4O3. The smallest absolute Gasteiger partial charge is 0.287 e. The highest BCUT2D eigenvalue weighted by molar-refractivity contribution is 5.93. The molecule has 0 spiro atoms. The van der Waals surface area contributed by atoms with Gasteiger partial charge < -0.3 is 16.0 Å². The van der Waals surface area contributed by atoms with Gasteiger partial charge in [0.25, 0.3) is 11.6 Å². The van der Waals surface area contributed by atoms with Crippen molar-refractivity contribution in [3.05, 3.63) is 28.1 Å². The van der Waals surface area contributed by atoms with Gasteiger partial charge in [0.2, 0.25) is 0 Å². The number of H-pyrrole nitrogens is 1. The van der Waals surface area contributed by atoms with Crippen LogP contribution < -0.4 is 11.1 Å². The summed E-state index contributed by atoms with van der Waals surface area (Å²) < 4.78 is 0. The normalized spacial score (nSPS) is 22.9. The number of nitro groups is 1. The molecule has 1 heterocycles. The highest BCUT2D eigenvalue weighted by Crippen LogP contribution is 2.25. The maximum atomic E-state index is 11.9. The van der Waals surface area contributed by atoms with Crippen LogP contribution in [-0.4, -0.2) is 28.4 Å². The Morgan fingerprint density at radius 1 is 1.61 bits per heavy atom. The number of carbonyl (C=O) groups excluding carboxylic acids is 1. The average Bonchev–Trinajstić information content (AvgIpc) is 2.96. The largest absolute Gasteiger partial charge is 0.351 e. The van der Waals surface area contributed by atoms with Crippen LogP contribution in [0.3, 0.4) is 0 Å². The maximum Gasteiger partial charge on any atom is 0.287 e. The summed E-state index contributed by atoms with van der Waals surface area (Å²) >= 11 is 0. The van der Waals surface area contributed by atoms with E-state index in [1.54, 1.807) is 0 Å². The molecule has 2 atom stereocenters. The fourth-order valence-corrected chi connectivity index (χ4v) is 2.37. The van der Waals surface area contributed by atoms with Crippen molar-refractivity contribution in [2.24, 2.45) is 11.7 Å². The fourth-order valence-electron chi connectivity index (χ4n) is 2.37. The summed E-state index contributed by atoms with van der Waals surface area (Å²) in [6.45, 7) is 0.551. The van der Waals surface area contributed by atoms with Gasteiger partial charge in [0.05, 0.1) is 11.1 Å². The lowest BCUT2D eigenvalue weighted by molar-refractivity contribution is -0.384. The topological polar surface area (TPSA) is 114 Å². The van der Waals surface area contributed by atoms with Crippen LogP contribution >= 0.6 is 0 Å². The molecule has 1 saturated carbocycles. The molecule has 0 bridgehead atoms. The van der Waals surface area contributed by atoms with Gasteiger partial charge in [0, 0.05) is 12.1 Å². The molecule has 2 unspecified atom stereocenters. The molecule has 1 aromatic heterocycles. The lowest BCUT2D eigenvalue weighted by Crippen LogP contribution is -2.39. The summed E-state index contributed by atoms with van der Waals surface area (Å²) in [7, 11) is 0. The number of aromatic amines is 1. The quantitative estimate of drug-likeness (QED) is 0.542. The molecule has 0 saturated heterocycles. The standard InChI is InChI=1S/C11H16N4O3/c12-5-7-2-1-3-9(7)14-11(16)10-4-8(6-13-10)15(17)18/h4,6-7,9,13H,1-3,5,12H2,(H,14,16). The Labute approximate surface area is 104 Å². The third-order valence-corrected chi connectivity index (χ3v) is 3.40. The first-order valence-electron chi connectivity index (χ1n) is 5.95. The number of hydrogen-bond donors (Lipinski definition) is 3. The Morgan fingerprint density at radius 3 is 3.00 bits per heavy atom. The summed E-state index contributed by atoms with van der Waals surface area (Å²) in [4.78, 5) is 24.5. The molecular weight excluding hydrogens is 236 g/mol. The van der Waals surface area contributed by atoms with Crippen LogP contribution in [0.4, 0.5) is 5.69 Å². The second-order valence-corrected chi connectivity index (χ2v) is 4.54. The number of aromatic nitrogens is 1. The van der Waals surface area contributed by atoms with Crippen LogP contribution in [0.1, 0.15) is 29.8 Å². The Balaban J connectivity index is 2.00. The third-order valence-electron chi connectivity index (χ3n) is 3.40. The molecule has 18 heavy (non-hydrogen) atoms. The van der Waals surface area contributed by atoms with Crippen LogP contribution in [-0.2, 0) is 0 Å². The van der Waals surface area contributed by atoms with E-state index in [0.717, 1.165) is 19.3 Å². The maximum absolute atomic E-state index is 11.9. The van der Waals surface area contributed by atoms with E-state index in [2.05, 4.69) is 10.3 Å². The van der Waals surface area contributed by atoms with Crippen LogP contribution in [0.2, 0.25) is 0 Å². The van der Waals surface area contributed by atoms with Crippen molar-refractivity contribution in [2.45, 2.75) is 25.3 Å². The molecule has 0 aromatic carbocycles. The van der Waals surface area contributed by atoms with Crippen molar-refractivity contribution < 1.29 is 9.72 Å². The average molecular weight is 252 g/mol. The molecule has 1 aromatic rings. The van der Waals surface area contributed by atoms with Crippen molar-refractivity contribution in [1.29, 1.82) is 0 Å². The van der Waals surface area contributed by atoms with Gasteiger partial charge in [-0.1, -0.05) is 6.42 Å². The lowest BCUT2D eigenvalue weighted by atomic mass is 10.0. The fraction of sp³-hybridized carbons (Fsp3) is 0.545. The summed E-state index contributed by atoms with van der Waals surface area (Å²) in [5.41, 5.74) is 5.74. The van der Waals surface area contributed by atoms with Gasteiger partial charge in [-0.05, 0) is 25.3 Å². The summed E-state index contributed by atoms with van der Waals surface area (Å²) in [5, 5.41) is 13.4. The first kappa shape index (κ1) is 12.6. The first-order chi connectivity index (χ1) is 8.61. The molecule has 0 radical (unpaired) electrons. The minimum atomic E-state index is -0.536. The Hall–Kier alpha value is -1.89. The van der Waals surface area contributed by atoms with Crippen molar-refractivity contribution >= 4 is 11.6 Å². The van der Waals surface area contributed by atoms with E-state index < -0.39 is 4.92 Å². The van der Waals surface area contributed by atoms with Crippen LogP contribution in [0.25, 0.3) is 0 Å². The summed E-state index contributed by atoms with van der Waals surface area (Å²) in [6, 6.07) is 1.31. The van der Waals surface area contributed by atoms with E-state index in [0.29, 0.717) is 12.5 Å². The number of rotatable bonds is 4. The molecule has 7 heteroatoms. The van der Waals surface area contributed by atoms with Crippen LogP contribution in [0, 0.1) is 16.0 Å². The zero-order valence-electron chi connectivity index (χ0n) is 9.89. The van der Waals surface area contributed by atoms with Crippen LogP contribution in [0.5, 0.6) is 0 Å². The molecule has 0 aliphatic heterocycles. The minimum Gasteiger partial charge on any atom is -0.351 e. The zero-order chi connectivity index (χ0) is 13.1. The van der Waals surface area contributed by atoms with E-state index in [1.165, 1.54) is 12.3 Å². The Bertz CT molecular complexity index is 457. The van der Waals surface area contributed by atoms with Crippen molar-refractivity contribution in [3.63, 3.8) is 0 Å². The van der Waals surface area contributed by atoms with Crippen molar-refractivity contribution in [3.8, 4) is 0 Å². The molecule has 7 nitrogen and oxygen atoms in total. The summed E-state index contributed by atoms with van der Waals surface area (Å²) in [6.07, 6.45) is 4.20. The van der Waals surface area contributed by atoms with E-state index in [1.807, 2.05) is 0 Å². The van der Waals surface area contributed by atoms with Crippen molar-refractivity contribution in [1.82, 2.24) is 10.3 Å². The third kappa shape index (κ3) is 2.51. The van der Waals surface area contributed by atoms with E-state index in [-0.39, 0.29) is 23.3 Å². The summed E-state index contributed by atoms with van der Waals surface area (Å²) in [5.74, 6) is -0.00709. The molecule has 1 aliphatic carbocycles. The van der Waals surface area contributed by atoms with Gasteiger partial charge in [-0.15, -0.1) is 0 Å². The van der Waals surface area contributed by atoms with Crippen molar-refractivity contribution in [2.75, 3.05) is 6.54 Å². The second kappa shape index (κ2) is 5.18. The number of nitrogens with zero attached hydrogens (tertiary/aromatic N) is 1. The molecule has 1 fully saturated rings. The van der Waals surface area contributed by atoms with Crippen LogP contribution in [0.15, 0.2) is 12.3 Å². The molecule has 1 aliphatic rings. The van der Waals surface area contributed by atoms with Gasteiger partial charge in [-0.3, -0.25) is 14.9 Å². The van der Waals surface area contributed by atoms with Gasteiger partial charge in [-0.2, -0.15) is 0 Å². The molecule has 98 valence electrons. The Morgan fingerprint density at radius 2 is 2.39 bits per heavy atom. The van der Waals surface area contributed by atoms with Gasteiger partial charge in [-0.25, -0.2) is 0 Å². The predicted octanol–water partition coefficient (Wildman–Crippen LogP) is 0.780. The van der Waals surface area contributed by atoms with Gasteiger partial charge in [0.1, 0.15) is 5.69 Å². The number of nitrogens with one attached hydrogen (secondary N) is 2. The highest BCUT2D eigenvalue weighted by Gasteiger charge is 2.28. The molecule has 4 N–H and O–H groups in total.